The monoisotopic (exact) mass is 454 g/mol. The Morgan fingerprint density at radius 2 is 1.45 bits per heavy atom. The summed E-state index contributed by atoms with van der Waals surface area (Å²) >= 11 is 0. The molecule has 0 unspecified atom stereocenters. The van der Waals surface area contributed by atoms with Crippen LogP contribution in [0.4, 0.5) is 13.2 Å². The highest BCUT2D eigenvalue weighted by Gasteiger charge is 2.33. The maximum absolute atomic E-state index is 12.9. The van der Waals surface area contributed by atoms with Gasteiger partial charge in [0, 0.05) is 31.7 Å². The Labute approximate surface area is 180 Å². The molecule has 0 atom stereocenters. The molecule has 31 heavy (non-hydrogen) atoms. The SMILES string of the molecule is CC(C)(C)c1ccc(S(=O)(=O)N2CCN(C(=O)c3cccc(C(F)(F)F)c3)CC2)cc1. The largest absolute Gasteiger partial charge is 0.416 e. The lowest BCUT2D eigenvalue weighted by Gasteiger charge is -2.34. The highest BCUT2D eigenvalue weighted by Crippen LogP contribution is 2.30. The second kappa shape index (κ2) is 8.27. The van der Waals surface area contributed by atoms with Crippen LogP contribution >= 0.6 is 0 Å². The quantitative estimate of drug-likeness (QED) is 0.700. The van der Waals surface area contributed by atoms with Gasteiger partial charge in [-0.3, -0.25) is 4.79 Å². The van der Waals surface area contributed by atoms with Gasteiger partial charge in [-0.05, 0) is 41.3 Å². The molecule has 2 aromatic carbocycles. The molecule has 0 aliphatic carbocycles. The Morgan fingerprint density at radius 1 is 0.871 bits per heavy atom. The predicted octanol–water partition coefficient (Wildman–Crippen LogP) is 4.15. The van der Waals surface area contributed by atoms with Crippen LogP contribution < -0.4 is 0 Å². The number of sulfonamides is 1. The van der Waals surface area contributed by atoms with Gasteiger partial charge in [0.25, 0.3) is 5.91 Å². The summed E-state index contributed by atoms with van der Waals surface area (Å²) in [5.41, 5.74) is -0.0392. The van der Waals surface area contributed by atoms with Gasteiger partial charge in [0.1, 0.15) is 0 Å². The Bertz CT molecular complexity index is 1050. The minimum Gasteiger partial charge on any atom is -0.336 e. The van der Waals surface area contributed by atoms with Crippen molar-refractivity contribution in [3.05, 3.63) is 65.2 Å². The van der Waals surface area contributed by atoms with Gasteiger partial charge in [0.15, 0.2) is 0 Å². The van der Waals surface area contributed by atoms with Crippen LogP contribution in [0.2, 0.25) is 0 Å². The van der Waals surface area contributed by atoms with Crippen molar-refractivity contribution in [1.82, 2.24) is 9.21 Å². The van der Waals surface area contributed by atoms with E-state index in [0.717, 1.165) is 17.7 Å². The fourth-order valence-electron chi connectivity index (χ4n) is 3.42. The minimum atomic E-state index is -4.54. The molecular weight excluding hydrogens is 429 g/mol. The molecule has 0 aromatic heterocycles. The van der Waals surface area contributed by atoms with Crippen molar-refractivity contribution in [2.75, 3.05) is 26.2 Å². The standard InChI is InChI=1S/C22H25F3N2O3S/c1-21(2,3)17-7-9-19(10-8-17)31(29,30)27-13-11-26(12-14-27)20(28)16-5-4-6-18(15-16)22(23,24)25/h4-10,15H,11-14H2,1-3H3. The predicted molar refractivity (Wildman–Crippen MR) is 111 cm³/mol. The van der Waals surface area contributed by atoms with Crippen LogP contribution in [0, 0.1) is 0 Å². The van der Waals surface area contributed by atoms with E-state index in [1.165, 1.54) is 21.3 Å². The zero-order valence-corrected chi connectivity index (χ0v) is 18.4. The fraction of sp³-hybridized carbons (Fsp3) is 0.409. The third kappa shape index (κ3) is 5.10. The average molecular weight is 455 g/mol. The van der Waals surface area contributed by atoms with E-state index < -0.39 is 27.7 Å². The molecule has 0 saturated carbocycles. The van der Waals surface area contributed by atoms with E-state index in [1.807, 2.05) is 20.8 Å². The van der Waals surface area contributed by atoms with Gasteiger partial charge in [0.05, 0.1) is 10.5 Å². The number of hydrogen-bond acceptors (Lipinski definition) is 3. The lowest BCUT2D eigenvalue weighted by atomic mass is 9.87. The summed E-state index contributed by atoms with van der Waals surface area (Å²) in [7, 11) is -3.72. The normalized spacial score (nSPS) is 16.4. The molecule has 0 bridgehead atoms. The van der Waals surface area contributed by atoms with E-state index in [2.05, 4.69) is 0 Å². The molecule has 9 heteroatoms. The second-order valence-corrected chi connectivity index (χ2v) is 10.5. The van der Waals surface area contributed by atoms with Crippen molar-refractivity contribution in [3.63, 3.8) is 0 Å². The molecule has 168 valence electrons. The number of nitrogens with zero attached hydrogens (tertiary/aromatic N) is 2. The summed E-state index contributed by atoms with van der Waals surface area (Å²) in [6.07, 6.45) is -4.54. The van der Waals surface area contributed by atoms with Crippen LogP contribution in [0.25, 0.3) is 0 Å². The molecule has 1 aliphatic rings. The van der Waals surface area contributed by atoms with Gasteiger partial charge in [-0.2, -0.15) is 17.5 Å². The first-order valence-corrected chi connectivity index (χ1v) is 11.3. The van der Waals surface area contributed by atoms with Gasteiger partial charge < -0.3 is 4.90 Å². The summed E-state index contributed by atoms with van der Waals surface area (Å²) in [5, 5.41) is 0. The molecule has 1 fully saturated rings. The topological polar surface area (TPSA) is 57.7 Å². The van der Waals surface area contributed by atoms with Gasteiger partial charge in [0.2, 0.25) is 10.0 Å². The zero-order valence-electron chi connectivity index (χ0n) is 17.6. The van der Waals surface area contributed by atoms with E-state index in [4.69, 9.17) is 0 Å². The molecule has 5 nitrogen and oxygen atoms in total. The highest BCUT2D eigenvalue weighted by atomic mass is 32.2. The number of rotatable bonds is 3. The summed E-state index contributed by atoms with van der Waals surface area (Å²) in [4.78, 5) is 14.2. The number of alkyl halides is 3. The van der Waals surface area contributed by atoms with Crippen molar-refractivity contribution in [2.24, 2.45) is 0 Å². The Balaban J connectivity index is 1.69. The van der Waals surface area contributed by atoms with Crippen molar-refractivity contribution in [3.8, 4) is 0 Å². The van der Waals surface area contributed by atoms with Crippen molar-refractivity contribution < 1.29 is 26.4 Å². The van der Waals surface area contributed by atoms with E-state index in [-0.39, 0.29) is 42.1 Å². The first-order valence-electron chi connectivity index (χ1n) is 9.87. The fourth-order valence-corrected chi connectivity index (χ4v) is 4.84. The molecule has 0 spiro atoms. The molecule has 1 saturated heterocycles. The number of benzene rings is 2. The lowest BCUT2D eigenvalue weighted by Crippen LogP contribution is -2.50. The zero-order chi connectivity index (χ0) is 23.0. The number of piperazine rings is 1. The van der Waals surface area contributed by atoms with Crippen LogP contribution in [0.3, 0.4) is 0 Å². The Hall–Kier alpha value is -2.39. The van der Waals surface area contributed by atoms with E-state index >= 15 is 0 Å². The van der Waals surface area contributed by atoms with Crippen LogP contribution in [0.5, 0.6) is 0 Å². The van der Waals surface area contributed by atoms with Crippen LogP contribution in [-0.2, 0) is 21.6 Å². The summed E-state index contributed by atoms with van der Waals surface area (Å²) < 4.78 is 65.9. The molecule has 1 amide bonds. The van der Waals surface area contributed by atoms with Crippen LogP contribution in [0.15, 0.2) is 53.4 Å². The number of hydrogen-bond donors (Lipinski definition) is 0. The Morgan fingerprint density at radius 3 is 1.97 bits per heavy atom. The maximum atomic E-state index is 12.9. The first-order chi connectivity index (χ1) is 14.3. The first kappa shape index (κ1) is 23.3. The molecule has 1 aliphatic heterocycles. The highest BCUT2D eigenvalue weighted by molar-refractivity contribution is 7.89. The molecule has 0 radical (unpaired) electrons. The third-order valence-electron chi connectivity index (χ3n) is 5.32. The number of halogens is 3. The van der Waals surface area contributed by atoms with Crippen molar-refractivity contribution in [2.45, 2.75) is 37.3 Å². The van der Waals surface area contributed by atoms with E-state index in [9.17, 15) is 26.4 Å². The van der Waals surface area contributed by atoms with Crippen molar-refractivity contribution >= 4 is 15.9 Å². The van der Waals surface area contributed by atoms with Gasteiger partial charge in [-0.15, -0.1) is 0 Å². The molecule has 3 rings (SSSR count). The minimum absolute atomic E-state index is 0.0658. The summed E-state index contributed by atoms with van der Waals surface area (Å²) in [5.74, 6) is -0.544. The number of carbonyl (C=O) groups excluding carboxylic acids is 1. The lowest BCUT2D eigenvalue weighted by molar-refractivity contribution is -0.137. The molecular formula is C22H25F3N2O3S. The van der Waals surface area contributed by atoms with Gasteiger partial charge >= 0.3 is 6.18 Å². The summed E-state index contributed by atoms with van der Waals surface area (Å²) in [6, 6.07) is 11.0. The van der Waals surface area contributed by atoms with Crippen LogP contribution in [-0.4, -0.2) is 49.7 Å². The smallest absolute Gasteiger partial charge is 0.336 e. The Kier molecular flexibility index (Phi) is 6.21. The maximum Gasteiger partial charge on any atom is 0.416 e. The summed E-state index contributed by atoms with van der Waals surface area (Å²) in [6.45, 7) is 6.48. The van der Waals surface area contributed by atoms with E-state index in [0.29, 0.717) is 0 Å². The van der Waals surface area contributed by atoms with E-state index in [1.54, 1.807) is 24.3 Å². The third-order valence-corrected chi connectivity index (χ3v) is 7.23. The second-order valence-electron chi connectivity index (χ2n) is 8.55. The number of carbonyl (C=O) groups is 1. The molecule has 2 aromatic rings. The van der Waals surface area contributed by atoms with Crippen LogP contribution in [0.1, 0.15) is 42.3 Å². The van der Waals surface area contributed by atoms with Gasteiger partial charge in [-0.25, -0.2) is 8.42 Å². The van der Waals surface area contributed by atoms with Crippen molar-refractivity contribution in [1.29, 1.82) is 0 Å². The van der Waals surface area contributed by atoms with Gasteiger partial charge in [-0.1, -0.05) is 39.0 Å². The average Bonchev–Trinajstić information content (AvgIpc) is 2.72. The number of amides is 1. The molecule has 0 N–H and O–H groups in total. The molecule has 1 heterocycles.